The summed E-state index contributed by atoms with van der Waals surface area (Å²) >= 11 is 0. The Morgan fingerprint density at radius 1 is 0.818 bits per heavy atom. The van der Waals surface area contributed by atoms with Crippen LogP contribution in [0.15, 0.2) is 72.9 Å². The van der Waals surface area contributed by atoms with Crippen LogP contribution >= 0.6 is 0 Å². The quantitative estimate of drug-likeness (QED) is 0.361. The molecule has 0 fully saturated rings. The lowest BCUT2D eigenvalue weighted by Gasteiger charge is -2.11. The van der Waals surface area contributed by atoms with Crippen molar-refractivity contribution in [2.75, 3.05) is 23.1 Å². The Hall–Kier alpha value is -4.46. The number of aromatic nitrogens is 3. The molecule has 0 aliphatic carbocycles. The maximum absolute atomic E-state index is 12.4. The molecular weight excluding hydrogens is 416 g/mol. The van der Waals surface area contributed by atoms with Gasteiger partial charge >= 0.3 is 0 Å². The highest BCUT2D eigenvalue weighted by Crippen LogP contribution is 2.21. The normalized spacial score (nSPS) is 10.4. The molecule has 166 valence electrons. The van der Waals surface area contributed by atoms with Crippen LogP contribution in [0, 0.1) is 13.8 Å². The lowest BCUT2D eigenvalue weighted by atomic mass is 10.2. The maximum atomic E-state index is 12.4. The lowest BCUT2D eigenvalue weighted by Crippen LogP contribution is -2.12. The Morgan fingerprint density at radius 3 is 2.15 bits per heavy atom. The Morgan fingerprint density at radius 2 is 1.48 bits per heavy atom. The molecule has 2 aromatic carbocycles. The molecule has 0 aliphatic heterocycles. The summed E-state index contributed by atoms with van der Waals surface area (Å²) in [5.74, 6) is 1.38. The van der Waals surface area contributed by atoms with Crippen molar-refractivity contribution < 1.29 is 9.53 Å². The van der Waals surface area contributed by atoms with Crippen molar-refractivity contribution in [1.82, 2.24) is 15.0 Å². The molecule has 0 unspecified atom stereocenters. The van der Waals surface area contributed by atoms with Gasteiger partial charge in [-0.1, -0.05) is 17.7 Å². The standard InChI is InChI=1S/C25H24N6O2/c1-16-4-7-19(8-5-16)28-22-14-17(2)27-25(31-22)30-21-11-9-20(10-12-21)29-24(32)18-6-13-23(33-3)26-15-18/h4-15H,1-3H3,(H,29,32)(H2,27,28,30,31). The number of amides is 1. The van der Waals surface area contributed by atoms with Crippen molar-refractivity contribution >= 4 is 34.7 Å². The molecule has 0 aliphatic rings. The summed E-state index contributed by atoms with van der Waals surface area (Å²) in [6, 6.07) is 20.6. The van der Waals surface area contributed by atoms with E-state index in [1.165, 1.54) is 18.9 Å². The van der Waals surface area contributed by atoms with Gasteiger partial charge in [0, 0.05) is 41.1 Å². The van der Waals surface area contributed by atoms with E-state index in [-0.39, 0.29) is 5.91 Å². The van der Waals surface area contributed by atoms with E-state index in [1.54, 1.807) is 24.3 Å². The largest absolute Gasteiger partial charge is 0.481 e. The predicted octanol–water partition coefficient (Wildman–Crippen LogP) is 5.24. The third-order valence-corrected chi connectivity index (χ3v) is 4.78. The molecule has 0 spiro atoms. The molecule has 8 heteroatoms. The number of nitrogens with zero attached hydrogens (tertiary/aromatic N) is 3. The first-order valence-electron chi connectivity index (χ1n) is 10.4. The van der Waals surface area contributed by atoms with Crippen molar-refractivity contribution in [1.29, 1.82) is 0 Å². The Labute approximate surface area is 192 Å². The van der Waals surface area contributed by atoms with E-state index in [0.717, 1.165) is 17.1 Å². The molecule has 8 nitrogen and oxygen atoms in total. The average molecular weight is 441 g/mol. The summed E-state index contributed by atoms with van der Waals surface area (Å²) in [5.41, 5.74) is 4.89. The highest BCUT2D eigenvalue weighted by Gasteiger charge is 2.08. The van der Waals surface area contributed by atoms with Crippen LogP contribution in [-0.2, 0) is 0 Å². The van der Waals surface area contributed by atoms with Crippen molar-refractivity contribution in [3.63, 3.8) is 0 Å². The summed E-state index contributed by atoms with van der Waals surface area (Å²) in [4.78, 5) is 25.5. The van der Waals surface area contributed by atoms with Gasteiger partial charge in [-0.25, -0.2) is 9.97 Å². The van der Waals surface area contributed by atoms with Crippen molar-refractivity contribution in [2.45, 2.75) is 13.8 Å². The predicted molar refractivity (Wildman–Crippen MR) is 130 cm³/mol. The van der Waals surface area contributed by atoms with Gasteiger partial charge < -0.3 is 20.7 Å². The minimum Gasteiger partial charge on any atom is -0.481 e. The van der Waals surface area contributed by atoms with E-state index >= 15 is 0 Å². The molecule has 4 rings (SSSR count). The highest BCUT2D eigenvalue weighted by molar-refractivity contribution is 6.04. The van der Waals surface area contributed by atoms with E-state index in [2.05, 4.69) is 30.9 Å². The van der Waals surface area contributed by atoms with Gasteiger partial charge in [-0.15, -0.1) is 0 Å². The topological polar surface area (TPSA) is 101 Å². The molecule has 2 aromatic heterocycles. The number of hydrogen-bond donors (Lipinski definition) is 3. The summed E-state index contributed by atoms with van der Waals surface area (Å²) in [6.45, 7) is 3.97. The lowest BCUT2D eigenvalue weighted by molar-refractivity contribution is 0.102. The zero-order chi connectivity index (χ0) is 23.2. The summed E-state index contributed by atoms with van der Waals surface area (Å²) < 4.78 is 5.01. The Kier molecular flexibility index (Phi) is 6.45. The van der Waals surface area contributed by atoms with Crippen LogP contribution in [0.3, 0.4) is 0 Å². The maximum Gasteiger partial charge on any atom is 0.257 e. The third kappa shape index (κ3) is 5.82. The number of rotatable bonds is 7. The minimum absolute atomic E-state index is 0.250. The number of carbonyl (C=O) groups excluding carboxylic acids is 1. The average Bonchev–Trinajstić information content (AvgIpc) is 2.81. The first kappa shape index (κ1) is 21.8. The molecule has 0 saturated carbocycles. The number of pyridine rings is 1. The summed E-state index contributed by atoms with van der Waals surface area (Å²) in [6.07, 6.45) is 1.47. The zero-order valence-electron chi connectivity index (χ0n) is 18.6. The van der Waals surface area contributed by atoms with Crippen LogP contribution in [0.4, 0.5) is 28.8 Å². The Balaban J connectivity index is 1.41. The van der Waals surface area contributed by atoms with Gasteiger partial charge in [-0.05, 0) is 56.3 Å². The number of anilines is 5. The second kappa shape index (κ2) is 9.78. The Bertz CT molecular complexity index is 1240. The summed E-state index contributed by atoms with van der Waals surface area (Å²) in [7, 11) is 1.53. The van der Waals surface area contributed by atoms with Gasteiger partial charge in [0.15, 0.2) is 0 Å². The van der Waals surface area contributed by atoms with Crippen LogP contribution in [0.5, 0.6) is 5.88 Å². The van der Waals surface area contributed by atoms with Crippen molar-refractivity contribution in [2.24, 2.45) is 0 Å². The van der Waals surface area contributed by atoms with Crippen LogP contribution in [0.1, 0.15) is 21.6 Å². The van der Waals surface area contributed by atoms with Crippen LogP contribution in [-0.4, -0.2) is 28.0 Å². The van der Waals surface area contributed by atoms with Crippen molar-refractivity contribution in [3.05, 3.63) is 89.7 Å². The fraction of sp³-hybridized carbons (Fsp3) is 0.120. The number of aryl methyl sites for hydroxylation is 2. The molecule has 0 radical (unpaired) electrons. The molecule has 0 atom stereocenters. The van der Waals surface area contributed by atoms with E-state index in [4.69, 9.17) is 4.74 Å². The molecule has 0 bridgehead atoms. The first-order valence-corrected chi connectivity index (χ1v) is 10.4. The van der Waals surface area contributed by atoms with Crippen molar-refractivity contribution in [3.8, 4) is 5.88 Å². The van der Waals surface area contributed by atoms with Gasteiger partial charge in [0.1, 0.15) is 5.82 Å². The van der Waals surface area contributed by atoms with Gasteiger partial charge in [0.2, 0.25) is 11.8 Å². The van der Waals surface area contributed by atoms with Crippen LogP contribution in [0.2, 0.25) is 0 Å². The van der Waals surface area contributed by atoms with Crippen LogP contribution in [0.25, 0.3) is 0 Å². The van der Waals surface area contributed by atoms with E-state index < -0.39 is 0 Å². The number of benzene rings is 2. The first-order chi connectivity index (χ1) is 16.0. The molecule has 3 N–H and O–H groups in total. The second-order valence-corrected chi connectivity index (χ2v) is 7.45. The molecule has 2 heterocycles. The molecular formula is C25H24N6O2. The monoisotopic (exact) mass is 440 g/mol. The third-order valence-electron chi connectivity index (χ3n) is 4.78. The number of carbonyl (C=O) groups is 1. The fourth-order valence-electron chi connectivity index (χ4n) is 3.08. The van der Waals surface area contributed by atoms with Gasteiger partial charge in [0.25, 0.3) is 5.91 Å². The SMILES string of the molecule is COc1ccc(C(=O)Nc2ccc(Nc3nc(C)cc(Nc4ccc(C)cc4)n3)cc2)cn1. The van der Waals surface area contributed by atoms with Gasteiger partial charge in [-0.2, -0.15) is 4.98 Å². The van der Waals surface area contributed by atoms with E-state index in [1.807, 2.05) is 56.3 Å². The van der Waals surface area contributed by atoms with Crippen LogP contribution < -0.4 is 20.7 Å². The number of ether oxygens (including phenoxy) is 1. The second-order valence-electron chi connectivity index (χ2n) is 7.45. The number of methoxy groups -OCH3 is 1. The van der Waals surface area contributed by atoms with Gasteiger partial charge in [-0.3, -0.25) is 4.79 Å². The smallest absolute Gasteiger partial charge is 0.257 e. The fourth-order valence-corrected chi connectivity index (χ4v) is 3.08. The highest BCUT2D eigenvalue weighted by atomic mass is 16.5. The number of nitrogens with one attached hydrogen (secondary N) is 3. The molecule has 0 saturated heterocycles. The molecule has 1 amide bonds. The minimum atomic E-state index is -0.250. The van der Waals surface area contributed by atoms with E-state index in [0.29, 0.717) is 28.9 Å². The molecule has 33 heavy (non-hydrogen) atoms. The number of hydrogen-bond acceptors (Lipinski definition) is 7. The van der Waals surface area contributed by atoms with Gasteiger partial charge in [0.05, 0.1) is 12.7 Å². The molecule has 4 aromatic rings. The summed E-state index contributed by atoms with van der Waals surface area (Å²) in [5, 5.41) is 9.35. The van der Waals surface area contributed by atoms with E-state index in [9.17, 15) is 4.79 Å². The zero-order valence-corrected chi connectivity index (χ0v) is 18.6.